The van der Waals surface area contributed by atoms with E-state index in [0.29, 0.717) is 12.5 Å². The van der Waals surface area contributed by atoms with Crippen LogP contribution in [0.5, 0.6) is 0 Å². The van der Waals surface area contributed by atoms with Crippen molar-refractivity contribution in [2.45, 2.75) is 37.6 Å². The van der Waals surface area contributed by atoms with Gasteiger partial charge in [-0.3, -0.25) is 0 Å². The normalized spacial score (nSPS) is 13.6. The Labute approximate surface area is 73.9 Å². The monoisotopic (exact) mass is 193 g/mol. The first-order valence-corrected chi connectivity index (χ1v) is 6.35. The SMILES string of the molecule is CCC(CO)CCC[CH2][Zn]. The van der Waals surface area contributed by atoms with Gasteiger partial charge < -0.3 is 0 Å². The van der Waals surface area contributed by atoms with Crippen molar-refractivity contribution in [1.82, 2.24) is 0 Å². The Bertz CT molecular complexity index is 62.3. The summed E-state index contributed by atoms with van der Waals surface area (Å²) in [7, 11) is 0. The molecule has 0 amide bonds. The quantitative estimate of drug-likeness (QED) is 0.508. The second kappa shape index (κ2) is 7.69. The van der Waals surface area contributed by atoms with Gasteiger partial charge in [-0.1, -0.05) is 0 Å². The molecule has 0 bridgehead atoms. The average molecular weight is 195 g/mol. The van der Waals surface area contributed by atoms with Crippen LogP contribution in [-0.4, -0.2) is 11.7 Å². The minimum absolute atomic E-state index is 0.385. The zero-order valence-corrected chi connectivity index (χ0v) is 9.94. The van der Waals surface area contributed by atoms with Gasteiger partial charge in [0, 0.05) is 0 Å². The Balaban J connectivity index is 3.09. The molecule has 0 saturated heterocycles. The summed E-state index contributed by atoms with van der Waals surface area (Å²) in [5.74, 6) is 0.576. The molecule has 1 N–H and O–H groups in total. The van der Waals surface area contributed by atoms with E-state index in [1.807, 2.05) is 0 Å². The first-order valence-electron chi connectivity index (χ1n) is 4.25. The van der Waals surface area contributed by atoms with Crippen LogP contribution in [0, 0.1) is 5.92 Å². The van der Waals surface area contributed by atoms with Gasteiger partial charge in [0.25, 0.3) is 0 Å². The molecular weight excluding hydrogens is 177 g/mol. The van der Waals surface area contributed by atoms with Crippen LogP contribution in [0.25, 0.3) is 0 Å². The molecule has 0 spiro atoms. The maximum absolute atomic E-state index is 8.83. The molecule has 0 heterocycles. The van der Waals surface area contributed by atoms with E-state index in [4.69, 9.17) is 5.11 Å². The molecule has 0 fully saturated rings. The van der Waals surface area contributed by atoms with Crippen LogP contribution in [0.15, 0.2) is 0 Å². The molecule has 0 aliphatic heterocycles. The molecule has 57 valence electrons. The fourth-order valence-corrected chi connectivity index (χ4v) is 1.78. The second-order valence-electron chi connectivity index (χ2n) is 2.81. The Morgan fingerprint density at radius 2 is 2.10 bits per heavy atom. The molecule has 10 heavy (non-hydrogen) atoms. The van der Waals surface area contributed by atoms with E-state index in [1.165, 1.54) is 42.6 Å². The Morgan fingerprint density at radius 1 is 1.40 bits per heavy atom. The van der Waals surface area contributed by atoms with Crippen molar-refractivity contribution in [1.29, 1.82) is 0 Å². The van der Waals surface area contributed by atoms with E-state index >= 15 is 0 Å². The fourth-order valence-electron chi connectivity index (χ4n) is 1.03. The molecule has 0 aliphatic rings. The summed E-state index contributed by atoms with van der Waals surface area (Å²) in [6, 6.07) is 0. The van der Waals surface area contributed by atoms with Crippen molar-refractivity contribution < 1.29 is 23.4 Å². The van der Waals surface area contributed by atoms with Crippen LogP contribution in [-0.2, 0) is 18.3 Å². The molecule has 0 rings (SSSR count). The second-order valence-corrected chi connectivity index (χ2v) is 4.29. The van der Waals surface area contributed by atoms with Gasteiger partial charge in [0.15, 0.2) is 0 Å². The minimum atomic E-state index is 0.385. The first kappa shape index (κ1) is 10.6. The van der Waals surface area contributed by atoms with Gasteiger partial charge >= 0.3 is 73.6 Å². The van der Waals surface area contributed by atoms with Crippen molar-refractivity contribution in [2.24, 2.45) is 5.92 Å². The third kappa shape index (κ3) is 5.37. The van der Waals surface area contributed by atoms with E-state index < -0.39 is 0 Å². The fraction of sp³-hybridized carbons (Fsp3) is 1.00. The first-order chi connectivity index (χ1) is 4.85. The van der Waals surface area contributed by atoms with E-state index in [2.05, 4.69) is 6.92 Å². The van der Waals surface area contributed by atoms with Gasteiger partial charge in [-0.15, -0.1) is 0 Å². The number of hydrogen-bond donors (Lipinski definition) is 1. The van der Waals surface area contributed by atoms with Crippen molar-refractivity contribution >= 4 is 0 Å². The predicted molar refractivity (Wildman–Crippen MR) is 39.5 cm³/mol. The number of rotatable bonds is 6. The zero-order valence-electron chi connectivity index (χ0n) is 6.97. The number of unbranched alkanes of at least 4 members (excludes halogenated alkanes) is 1. The summed E-state index contributed by atoms with van der Waals surface area (Å²) in [4.78, 5) is 0. The summed E-state index contributed by atoms with van der Waals surface area (Å²) in [6.07, 6.45) is 5.05. The summed E-state index contributed by atoms with van der Waals surface area (Å²) in [6.45, 7) is 2.54. The van der Waals surface area contributed by atoms with Gasteiger partial charge in [-0.05, 0) is 0 Å². The molecule has 0 saturated carbocycles. The molecule has 1 unspecified atom stereocenters. The Kier molecular flexibility index (Phi) is 8.14. The van der Waals surface area contributed by atoms with Crippen molar-refractivity contribution in [2.75, 3.05) is 6.61 Å². The Hall–Kier alpha value is 0.583. The molecule has 0 radical (unpaired) electrons. The predicted octanol–water partition coefficient (Wildman–Crippen LogP) is 2.14. The van der Waals surface area contributed by atoms with Crippen molar-refractivity contribution in [3.05, 3.63) is 0 Å². The average Bonchev–Trinajstić information content (AvgIpc) is 1.99. The molecule has 1 nitrogen and oxygen atoms in total. The van der Waals surface area contributed by atoms with E-state index in [9.17, 15) is 0 Å². The van der Waals surface area contributed by atoms with E-state index in [-0.39, 0.29) is 0 Å². The van der Waals surface area contributed by atoms with Crippen LogP contribution >= 0.6 is 0 Å². The van der Waals surface area contributed by atoms with Crippen LogP contribution in [0.3, 0.4) is 0 Å². The van der Waals surface area contributed by atoms with Gasteiger partial charge in [0.05, 0.1) is 0 Å². The van der Waals surface area contributed by atoms with Crippen LogP contribution in [0.1, 0.15) is 32.6 Å². The standard InChI is InChI=1S/C8H17O.Zn/c1-3-5-6-8(4-2)7-9;/h8-9H,1,3-7H2,2H3;. The van der Waals surface area contributed by atoms with Gasteiger partial charge in [-0.25, -0.2) is 0 Å². The number of hydrogen-bond acceptors (Lipinski definition) is 1. The molecule has 0 aliphatic carbocycles. The maximum atomic E-state index is 8.83. The summed E-state index contributed by atoms with van der Waals surface area (Å²) < 4.78 is 0. The Morgan fingerprint density at radius 3 is 2.50 bits per heavy atom. The van der Waals surface area contributed by atoms with Crippen LogP contribution < -0.4 is 0 Å². The van der Waals surface area contributed by atoms with Crippen molar-refractivity contribution in [3.8, 4) is 0 Å². The molecule has 0 aromatic rings. The van der Waals surface area contributed by atoms with Gasteiger partial charge in [0.2, 0.25) is 0 Å². The van der Waals surface area contributed by atoms with Gasteiger partial charge in [-0.2, -0.15) is 0 Å². The summed E-state index contributed by atoms with van der Waals surface area (Å²) in [5, 5.41) is 10.2. The zero-order chi connectivity index (χ0) is 7.82. The third-order valence-corrected chi connectivity index (χ3v) is 3.00. The number of aliphatic hydroxyl groups excluding tert-OH is 1. The molecule has 0 aromatic carbocycles. The topological polar surface area (TPSA) is 20.2 Å². The van der Waals surface area contributed by atoms with Crippen LogP contribution in [0.2, 0.25) is 5.02 Å². The summed E-state index contributed by atoms with van der Waals surface area (Å²) >= 11 is 1.43. The van der Waals surface area contributed by atoms with E-state index in [1.54, 1.807) is 0 Å². The number of aliphatic hydroxyl groups is 1. The van der Waals surface area contributed by atoms with Gasteiger partial charge in [0.1, 0.15) is 0 Å². The van der Waals surface area contributed by atoms with E-state index in [0.717, 1.165) is 6.42 Å². The molecule has 2 heteroatoms. The molecule has 0 aromatic heterocycles. The molecule has 1 atom stereocenters. The van der Waals surface area contributed by atoms with Crippen LogP contribution in [0.4, 0.5) is 0 Å². The van der Waals surface area contributed by atoms with Crippen molar-refractivity contribution in [3.63, 3.8) is 0 Å². The summed E-state index contributed by atoms with van der Waals surface area (Å²) in [5.41, 5.74) is 0. The third-order valence-electron chi connectivity index (χ3n) is 1.95. The molecular formula is C8H17OZn.